The molecule has 3 heteroatoms. The number of rotatable bonds is 5. The normalized spacial score (nSPS) is 11.4. The highest BCUT2D eigenvalue weighted by Gasteiger charge is 2.20. The van der Waals surface area contributed by atoms with Crippen molar-refractivity contribution >= 4 is 5.91 Å². The summed E-state index contributed by atoms with van der Waals surface area (Å²) >= 11 is 0. The number of nitriles is 1. The molecule has 1 unspecified atom stereocenters. The average molecular weight is 278 g/mol. The van der Waals surface area contributed by atoms with E-state index in [0.717, 1.165) is 11.1 Å². The first-order valence-electron chi connectivity index (χ1n) is 6.97. The zero-order valence-corrected chi connectivity index (χ0v) is 12.1. The van der Waals surface area contributed by atoms with Crippen LogP contribution in [0.2, 0.25) is 0 Å². The van der Waals surface area contributed by atoms with Crippen LogP contribution >= 0.6 is 0 Å². The lowest BCUT2D eigenvalue weighted by Crippen LogP contribution is -2.33. The molecule has 2 aromatic carbocycles. The lowest BCUT2D eigenvalue weighted by Gasteiger charge is -2.24. The van der Waals surface area contributed by atoms with Gasteiger partial charge in [-0.1, -0.05) is 60.7 Å². The van der Waals surface area contributed by atoms with Gasteiger partial charge in [0.15, 0.2) is 0 Å². The predicted octanol–water partition coefficient (Wildman–Crippen LogP) is 3.38. The van der Waals surface area contributed by atoms with Crippen molar-refractivity contribution in [3.63, 3.8) is 0 Å². The monoisotopic (exact) mass is 278 g/mol. The Morgan fingerprint density at radius 2 is 1.43 bits per heavy atom. The number of hydrogen-bond donors (Lipinski definition) is 0. The number of amides is 1. The zero-order chi connectivity index (χ0) is 15.1. The minimum Gasteiger partial charge on any atom is -0.333 e. The summed E-state index contributed by atoms with van der Waals surface area (Å²) in [6, 6.07) is 21.7. The van der Waals surface area contributed by atoms with Crippen LogP contribution in [0, 0.1) is 17.2 Å². The van der Waals surface area contributed by atoms with Gasteiger partial charge in [0.2, 0.25) is 5.91 Å². The van der Waals surface area contributed by atoms with E-state index in [2.05, 4.69) is 0 Å². The summed E-state index contributed by atoms with van der Waals surface area (Å²) in [4.78, 5) is 14.1. The van der Waals surface area contributed by atoms with E-state index in [-0.39, 0.29) is 5.91 Å². The summed E-state index contributed by atoms with van der Waals surface area (Å²) in [5.74, 6) is -0.761. The molecule has 0 N–H and O–H groups in total. The largest absolute Gasteiger partial charge is 0.333 e. The fourth-order valence-electron chi connectivity index (χ4n) is 2.15. The molecule has 0 aliphatic rings. The van der Waals surface area contributed by atoms with E-state index in [9.17, 15) is 4.79 Å². The Labute approximate surface area is 125 Å². The molecule has 0 heterocycles. The van der Waals surface area contributed by atoms with Crippen LogP contribution in [0.1, 0.15) is 18.1 Å². The number of carbonyl (C=O) groups is 1. The Hall–Kier alpha value is -2.60. The van der Waals surface area contributed by atoms with Crippen molar-refractivity contribution < 1.29 is 4.79 Å². The Kier molecular flexibility index (Phi) is 5.11. The molecular formula is C18H18N2O. The molecule has 0 aromatic heterocycles. The smallest absolute Gasteiger partial charge is 0.240 e. The van der Waals surface area contributed by atoms with E-state index in [0.29, 0.717) is 13.1 Å². The molecule has 3 nitrogen and oxygen atoms in total. The molecular weight excluding hydrogens is 260 g/mol. The second kappa shape index (κ2) is 7.25. The van der Waals surface area contributed by atoms with Gasteiger partial charge in [0.05, 0.1) is 6.07 Å². The highest BCUT2D eigenvalue weighted by atomic mass is 16.2. The van der Waals surface area contributed by atoms with E-state index in [1.165, 1.54) is 0 Å². The van der Waals surface area contributed by atoms with Gasteiger partial charge in [0, 0.05) is 13.1 Å². The Balaban J connectivity index is 2.18. The second-order valence-corrected chi connectivity index (χ2v) is 5.02. The van der Waals surface area contributed by atoms with Crippen LogP contribution < -0.4 is 0 Å². The molecule has 1 atom stereocenters. The quantitative estimate of drug-likeness (QED) is 0.841. The van der Waals surface area contributed by atoms with Crippen molar-refractivity contribution in [2.24, 2.45) is 5.92 Å². The van der Waals surface area contributed by atoms with Crippen molar-refractivity contribution in [3.05, 3.63) is 71.8 Å². The van der Waals surface area contributed by atoms with Crippen LogP contribution in [-0.2, 0) is 17.9 Å². The molecule has 0 aliphatic heterocycles. The molecule has 0 bridgehead atoms. The predicted molar refractivity (Wildman–Crippen MR) is 81.9 cm³/mol. The van der Waals surface area contributed by atoms with Crippen LogP contribution in [0.25, 0.3) is 0 Å². The van der Waals surface area contributed by atoms with Gasteiger partial charge in [-0.25, -0.2) is 0 Å². The highest BCUT2D eigenvalue weighted by molar-refractivity contribution is 5.80. The fourth-order valence-corrected chi connectivity index (χ4v) is 2.15. The summed E-state index contributed by atoms with van der Waals surface area (Å²) in [5, 5.41) is 8.99. The fraction of sp³-hybridized carbons (Fsp3) is 0.222. The Morgan fingerprint density at radius 1 is 1.00 bits per heavy atom. The van der Waals surface area contributed by atoms with Gasteiger partial charge in [0.25, 0.3) is 0 Å². The van der Waals surface area contributed by atoms with Crippen LogP contribution in [0.15, 0.2) is 60.7 Å². The number of carbonyl (C=O) groups excluding carboxylic acids is 1. The standard InChI is InChI=1S/C18H18N2O/c1-15(12-19)18(21)20(13-16-8-4-2-5-9-16)14-17-10-6-3-7-11-17/h2-11,15H,13-14H2,1H3. The molecule has 0 saturated carbocycles. The SMILES string of the molecule is CC(C#N)C(=O)N(Cc1ccccc1)Cc1ccccc1. The first kappa shape index (κ1) is 14.8. The maximum Gasteiger partial charge on any atom is 0.240 e. The van der Waals surface area contributed by atoms with Crippen molar-refractivity contribution in [2.45, 2.75) is 20.0 Å². The van der Waals surface area contributed by atoms with Gasteiger partial charge in [-0.2, -0.15) is 5.26 Å². The van der Waals surface area contributed by atoms with Gasteiger partial charge >= 0.3 is 0 Å². The molecule has 0 radical (unpaired) electrons. The van der Waals surface area contributed by atoms with Crippen LogP contribution in [0.3, 0.4) is 0 Å². The maximum atomic E-state index is 12.4. The zero-order valence-electron chi connectivity index (χ0n) is 12.1. The lowest BCUT2D eigenvalue weighted by atomic mass is 10.1. The molecule has 0 saturated heterocycles. The average Bonchev–Trinajstić information content (AvgIpc) is 2.54. The Morgan fingerprint density at radius 3 is 1.81 bits per heavy atom. The topological polar surface area (TPSA) is 44.1 Å². The van der Waals surface area contributed by atoms with Crippen LogP contribution in [-0.4, -0.2) is 10.8 Å². The second-order valence-electron chi connectivity index (χ2n) is 5.02. The number of nitrogens with zero attached hydrogens (tertiary/aromatic N) is 2. The molecule has 2 rings (SSSR count). The van der Waals surface area contributed by atoms with Crippen molar-refractivity contribution in [1.82, 2.24) is 4.90 Å². The highest BCUT2D eigenvalue weighted by Crippen LogP contribution is 2.13. The lowest BCUT2D eigenvalue weighted by molar-refractivity contribution is -0.134. The first-order valence-corrected chi connectivity index (χ1v) is 6.97. The van der Waals surface area contributed by atoms with E-state index in [1.807, 2.05) is 66.7 Å². The number of benzene rings is 2. The number of hydrogen-bond acceptors (Lipinski definition) is 2. The van der Waals surface area contributed by atoms with Gasteiger partial charge in [0.1, 0.15) is 5.92 Å². The minimum atomic E-state index is -0.627. The third kappa shape index (κ3) is 4.19. The molecule has 2 aromatic rings. The van der Waals surface area contributed by atoms with E-state index < -0.39 is 5.92 Å². The molecule has 106 valence electrons. The summed E-state index contributed by atoms with van der Waals surface area (Å²) < 4.78 is 0. The van der Waals surface area contributed by atoms with Gasteiger partial charge in [-0.3, -0.25) is 4.79 Å². The maximum absolute atomic E-state index is 12.4. The van der Waals surface area contributed by atoms with Crippen LogP contribution in [0.5, 0.6) is 0 Å². The van der Waals surface area contributed by atoms with Gasteiger partial charge < -0.3 is 4.90 Å². The molecule has 1 amide bonds. The Bertz CT molecular complexity index is 575. The molecule has 21 heavy (non-hydrogen) atoms. The molecule has 0 aliphatic carbocycles. The van der Waals surface area contributed by atoms with Crippen molar-refractivity contribution in [3.8, 4) is 6.07 Å². The third-order valence-corrected chi connectivity index (χ3v) is 3.31. The van der Waals surface area contributed by atoms with Gasteiger partial charge in [-0.15, -0.1) is 0 Å². The summed E-state index contributed by atoms with van der Waals surface area (Å²) in [7, 11) is 0. The summed E-state index contributed by atoms with van der Waals surface area (Å²) in [6.45, 7) is 2.67. The van der Waals surface area contributed by atoms with Crippen LogP contribution in [0.4, 0.5) is 0 Å². The third-order valence-electron chi connectivity index (χ3n) is 3.31. The van der Waals surface area contributed by atoms with E-state index >= 15 is 0 Å². The minimum absolute atomic E-state index is 0.134. The summed E-state index contributed by atoms with van der Waals surface area (Å²) in [6.07, 6.45) is 0. The van der Waals surface area contributed by atoms with Gasteiger partial charge in [-0.05, 0) is 18.1 Å². The van der Waals surface area contributed by atoms with Crippen molar-refractivity contribution in [1.29, 1.82) is 5.26 Å². The van der Waals surface area contributed by atoms with E-state index in [4.69, 9.17) is 5.26 Å². The summed E-state index contributed by atoms with van der Waals surface area (Å²) in [5.41, 5.74) is 2.12. The van der Waals surface area contributed by atoms with E-state index in [1.54, 1.807) is 11.8 Å². The van der Waals surface area contributed by atoms with Crippen molar-refractivity contribution in [2.75, 3.05) is 0 Å². The molecule has 0 fully saturated rings. The molecule has 0 spiro atoms. The first-order chi connectivity index (χ1) is 10.2.